The lowest BCUT2D eigenvalue weighted by molar-refractivity contribution is 0.0944. The summed E-state index contributed by atoms with van der Waals surface area (Å²) in [6.07, 6.45) is 3.82. The number of hydrogen-bond acceptors (Lipinski definition) is 5. The van der Waals surface area contributed by atoms with Crippen molar-refractivity contribution < 1.29 is 9.53 Å². The van der Waals surface area contributed by atoms with E-state index in [9.17, 15) is 4.79 Å². The van der Waals surface area contributed by atoms with Gasteiger partial charge in [0.25, 0.3) is 5.91 Å². The van der Waals surface area contributed by atoms with Crippen molar-refractivity contribution in [3.05, 3.63) is 18.1 Å². The van der Waals surface area contributed by atoms with E-state index < -0.39 is 0 Å². The van der Waals surface area contributed by atoms with Crippen LogP contribution in [0, 0.1) is 5.92 Å². The zero-order chi connectivity index (χ0) is 14.4. The number of anilines is 1. The van der Waals surface area contributed by atoms with Crippen LogP contribution in [0.5, 0.6) is 0 Å². The Kier molecular flexibility index (Phi) is 5.29. The number of nitrogens with one attached hydrogen (secondary N) is 2. The number of amides is 1. The molecular formula is C14H22N4O2. The van der Waals surface area contributed by atoms with Gasteiger partial charge in [0.15, 0.2) is 0 Å². The Labute approximate surface area is 119 Å². The van der Waals surface area contributed by atoms with Gasteiger partial charge in [0.05, 0.1) is 6.10 Å². The highest BCUT2D eigenvalue weighted by Crippen LogP contribution is 2.13. The lowest BCUT2D eigenvalue weighted by Gasteiger charge is -2.12. The predicted octanol–water partition coefficient (Wildman–Crippen LogP) is 1.45. The molecule has 1 aromatic rings. The second kappa shape index (κ2) is 7.19. The van der Waals surface area contributed by atoms with Gasteiger partial charge in [0.2, 0.25) is 0 Å². The third kappa shape index (κ3) is 4.45. The predicted molar refractivity (Wildman–Crippen MR) is 76.7 cm³/mol. The summed E-state index contributed by atoms with van der Waals surface area (Å²) in [4.78, 5) is 20.0. The van der Waals surface area contributed by atoms with E-state index in [0.717, 1.165) is 19.4 Å². The maximum absolute atomic E-state index is 11.9. The van der Waals surface area contributed by atoms with Gasteiger partial charge in [-0.15, -0.1) is 0 Å². The number of carbonyl (C=O) groups is 1. The average molecular weight is 278 g/mol. The third-order valence-electron chi connectivity index (χ3n) is 3.11. The molecular weight excluding hydrogens is 256 g/mol. The summed E-state index contributed by atoms with van der Waals surface area (Å²) in [7, 11) is 0. The van der Waals surface area contributed by atoms with Crippen LogP contribution in [0.4, 0.5) is 5.82 Å². The minimum absolute atomic E-state index is 0.165. The number of aromatic nitrogens is 2. The van der Waals surface area contributed by atoms with Gasteiger partial charge in [-0.1, -0.05) is 13.8 Å². The lowest BCUT2D eigenvalue weighted by Crippen LogP contribution is -2.28. The molecule has 2 N–H and O–H groups in total. The van der Waals surface area contributed by atoms with Gasteiger partial charge in [-0.25, -0.2) is 9.97 Å². The van der Waals surface area contributed by atoms with Crippen LogP contribution in [0.3, 0.4) is 0 Å². The highest BCUT2D eigenvalue weighted by molar-refractivity contribution is 5.92. The van der Waals surface area contributed by atoms with Crippen LogP contribution >= 0.6 is 0 Å². The molecule has 6 nitrogen and oxygen atoms in total. The fourth-order valence-corrected chi connectivity index (χ4v) is 1.99. The van der Waals surface area contributed by atoms with Crippen LogP contribution in [0.2, 0.25) is 0 Å². The van der Waals surface area contributed by atoms with E-state index in [4.69, 9.17) is 4.74 Å². The van der Waals surface area contributed by atoms with Crippen molar-refractivity contribution in [1.82, 2.24) is 15.3 Å². The van der Waals surface area contributed by atoms with Crippen molar-refractivity contribution >= 4 is 11.7 Å². The van der Waals surface area contributed by atoms with E-state index >= 15 is 0 Å². The summed E-state index contributed by atoms with van der Waals surface area (Å²) in [5.74, 6) is 0.907. The van der Waals surface area contributed by atoms with Gasteiger partial charge in [-0.05, 0) is 18.8 Å². The fourth-order valence-electron chi connectivity index (χ4n) is 1.99. The molecule has 0 aromatic carbocycles. The maximum Gasteiger partial charge on any atom is 0.270 e. The summed E-state index contributed by atoms with van der Waals surface area (Å²) in [5.41, 5.74) is 0.385. The van der Waals surface area contributed by atoms with Crippen molar-refractivity contribution in [3.63, 3.8) is 0 Å². The van der Waals surface area contributed by atoms with E-state index in [0.29, 0.717) is 30.5 Å². The molecule has 0 radical (unpaired) electrons. The Balaban J connectivity index is 1.87. The summed E-state index contributed by atoms with van der Waals surface area (Å²) in [5, 5.41) is 6.03. The first-order valence-electron chi connectivity index (χ1n) is 7.11. The molecule has 0 saturated carbocycles. The van der Waals surface area contributed by atoms with Crippen molar-refractivity contribution in [2.45, 2.75) is 32.8 Å². The number of carbonyl (C=O) groups excluding carboxylic acids is 1. The Morgan fingerprint density at radius 1 is 1.50 bits per heavy atom. The highest BCUT2D eigenvalue weighted by atomic mass is 16.5. The number of nitrogens with zero attached hydrogens (tertiary/aromatic N) is 2. The zero-order valence-corrected chi connectivity index (χ0v) is 12.1. The molecule has 0 bridgehead atoms. The third-order valence-corrected chi connectivity index (χ3v) is 3.11. The molecule has 1 aromatic heterocycles. The van der Waals surface area contributed by atoms with Crippen molar-refractivity contribution in [1.29, 1.82) is 0 Å². The number of hydrogen-bond donors (Lipinski definition) is 2. The first kappa shape index (κ1) is 14.7. The molecule has 0 spiro atoms. The van der Waals surface area contributed by atoms with Crippen LogP contribution < -0.4 is 10.6 Å². The van der Waals surface area contributed by atoms with Gasteiger partial charge in [0, 0.05) is 25.8 Å². The van der Waals surface area contributed by atoms with E-state index in [-0.39, 0.29) is 12.0 Å². The highest BCUT2D eigenvalue weighted by Gasteiger charge is 2.15. The van der Waals surface area contributed by atoms with Gasteiger partial charge in [-0.2, -0.15) is 0 Å². The molecule has 1 unspecified atom stereocenters. The fraction of sp³-hybridized carbons (Fsp3) is 0.643. The average Bonchev–Trinajstić information content (AvgIpc) is 2.96. The molecule has 1 saturated heterocycles. The van der Waals surface area contributed by atoms with Gasteiger partial charge < -0.3 is 15.4 Å². The first-order chi connectivity index (χ1) is 9.65. The zero-order valence-electron chi connectivity index (χ0n) is 12.1. The van der Waals surface area contributed by atoms with Crippen LogP contribution in [0.15, 0.2) is 12.4 Å². The smallest absolute Gasteiger partial charge is 0.270 e. The van der Waals surface area contributed by atoms with Gasteiger partial charge in [0.1, 0.15) is 17.8 Å². The second-order valence-corrected chi connectivity index (χ2v) is 5.41. The normalized spacial score (nSPS) is 18.2. The van der Waals surface area contributed by atoms with Crippen molar-refractivity contribution in [2.24, 2.45) is 5.92 Å². The maximum atomic E-state index is 11.9. The summed E-state index contributed by atoms with van der Waals surface area (Å²) >= 11 is 0. The lowest BCUT2D eigenvalue weighted by atomic mass is 10.2. The second-order valence-electron chi connectivity index (χ2n) is 5.41. The molecule has 1 amide bonds. The number of rotatable bonds is 6. The molecule has 2 rings (SSSR count). The van der Waals surface area contributed by atoms with Crippen molar-refractivity contribution in [2.75, 3.05) is 25.0 Å². The Hall–Kier alpha value is -1.69. The summed E-state index contributed by atoms with van der Waals surface area (Å²) in [6.45, 7) is 6.29. The van der Waals surface area contributed by atoms with E-state index in [1.807, 2.05) is 0 Å². The standard InChI is InChI=1S/C14H22N4O2/c1-10(2)7-16-14(19)12-6-13(18-9-17-12)15-8-11-4-3-5-20-11/h6,9-11H,3-5,7-8H2,1-2H3,(H,16,19)(H,15,17,18). The quantitative estimate of drug-likeness (QED) is 0.823. The van der Waals surface area contributed by atoms with Crippen LogP contribution in [0.25, 0.3) is 0 Å². The largest absolute Gasteiger partial charge is 0.376 e. The van der Waals surface area contributed by atoms with Gasteiger partial charge >= 0.3 is 0 Å². The van der Waals surface area contributed by atoms with Crippen molar-refractivity contribution in [3.8, 4) is 0 Å². The minimum Gasteiger partial charge on any atom is -0.376 e. The SMILES string of the molecule is CC(C)CNC(=O)c1cc(NCC2CCCO2)ncn1. The van der Waals surface area contributed by atoms with Crippen LogP contribution in [0.1, 0.15) is 37.2 Å². The Bertz CT molecular complexity index is 445. The van der Waals surface area contributed by atoms with E-state index in [1.54, 1.807) is 6.07 Å². The molecule has 1 atom stereocenters. The molecule has 1 fully saturated rings. The monoisotopic (exact) mass is 278 g/mol. The molecule has 6 heteroatoms. The Morgan fingerprint density at radius 2 is 2.35 bits per heavy atom. The topological polar surface area (TPSA) is 76.1 Å². The van der Waals surface area contributed by atoms with Gasteiger partial charge in [-0.3, -0.25) is 4.79 Å². The first-order valence-corrected chi connectivity index (χ1v) is 7.11. The molecule has 20 heavy (non-hydrogen) atoms. The minimum atomic E-state index is -0.165. The Morgan fingerprint density at radius 3 is 3.05 bits per heavy atom. The number of ether oxygens (including phenoxy) is 1. The molecule has 2 heterocycles. The van der Waals surface area contributed by atoms with E-state index in [2.05, 4.69) is 34.4 Å². The molecule has 1 aliphatic rings. The summed E-state index contributed by atoms with van der Waals surface area (Å²) in [6, 6.07) is 1.67. The van der Waals surface area contributed by atoms with Crippen LogP contribution in [-0.4, -0.2) is 41.7 Å². The molecule has 110 valence electrons. The summed E-state index contributed by atoms with van der Waals surface area (Å²) < 4.78 is 5.53. The van der Waals surface area contributed by atoms with Crippen LogP contribution in [-0.2, 0) is 4.74 Å². The molecule has 0 aliphatic carbocycles. The van der Waals surface area contributed by atoms with E-state index in [1.165, 1.54) is 6.33 Å². The molecule has 1 aliphatic heterocycles.